The van der Waals surface area contributed by atoms with E-state index in [2.05, 4.69) is 21.6 Å². The van der Waals surface area contributed by atoms with Crippen LogP contribution in [-0.2, 0) is 17.4 Å². The van der Waals surface area contributed by atoms with Crippen molar-refractivity contribution < 1.29 is 32.7 Å². The Morgan fingerprint density at radius 3 is 2.37 bits per heavy atom. The molecule has 0 spiro atoms. The fourth-order valence-corrected chi connectivity index (χ4v) is 4.25. The van der Waals surface area contributed by atoms with Gasteiger partial charge in [-0.05, 0) is 67.4 Å². The van der Waals surface area contributed by atoms with Crippen LogP contribution in [0.4, 0.5) is 13.2 Å². The summed E-state index contributed by atoms with van der Waals surface area (Å²) < 4.78 is 39.5. The molecule has 0 aliphatic rings. The highest BCUT2D eigenvalue weighted by Gasteiger charge is 2.30. The number of aromatic carboxylic acids is 1. The highest BCUT2D eigenvalue weighted by atomic mass is 31.1. The largest absolute Gasteiger partial charge is 0.478 e. The molecule has 0 unspecified atom stereocenters. The standard InChI is InChI=1S/C27H19F3N3O4P/c1-38-26(37)23(11-15-7-9-31-10-8-15)33-24(34)22-14-20(25(35)36)19-13-17(5-6-21(19)32-22)16-3-2-4-18(12-16)27(28,29)30/h2-10,12-14,23H,1,11H2,(H,33,34)(H,35,36)/t23-/m0/s1. The van der Waals surface area contributed by atoms with Gasteiger partial charge in [-0.1, -0.05) is 24.5 Å². The number of alkyl halides is 3. The number of fused-ring (bicyclic) bond motifs is 1. The number of nitrogens with zero attached hydrogens (tertiary/aromatic N) is 2. The molecule has 0 radical (unpaired) electrons. The van der Waals surface area contributed by atoms with Gasteiger partial charge in [0.05, 0.1) is 16.6 Å². The summed E-state index contributed by atoms with van der Waals surface area (Å²) in [6.45, 7) is 0. The SMILES string of the molecule is C=PC(=O)[C@H](Cc1ccncc1)NC(=O)c1cc(C(=O)O)c2cc(-c3cccc(C(F)(F)F)c3)ccc2n1. The van der Waals surface area contributed by atoms with E-state index in [1.165, 1.54) is 30.3 Å². The fourth-order valence-electron chi connectivity index (χ4n) is 3.87. The van der Waals surface area contributed by atoms with Crippen molar-refractivity contribution in [3.05, 3.63) is 95.4 Å². The minimum Gasteiger partial charge on any atom is -0.478 e. The number of carboxylic acid groups (broad SMARTS) is 1. The zero-order valence-corrected chi connectivity index (χ0v) is 20.5. The number of aromatic nitrogens is 2. The van der Waals surface area contributed by atoms with E-state index in [1.54, 1.807) is 24.5 Å². The Balaban J connectivity index is 1.70. The van der Waals surface area contributed by atoms with Crippen LogP contribution >= 0.6 is 8.20 Å². The van der Waals surface area contributed by atoms with Gasteiger partial charge in [-0.2, -0.15) is 13.2 Å². The predicted molar refractivity (Wildman–Crippen MR) is 137 cm³/mol. The van der Waals surface area contributed by atoms with E-state index >= 15 is 0 Å². The van der Waals surface area contributed by atoms with Gasteiger partial charge in [-0.3, -0.25) is 14.6 Å². The van der Waals surface area contributed by atoms with Crippen molar-refractivity contribution >= 4 is 42.8 Å². The van der Waals surface area contributed by atoms with Crippen LogP contribution in [-0.4, -0.2) is 44.8 Å². The van der Waals surface area contributed by atoms with Crippen LogP contribution in [0.3, 0.4) is 0 Å². The number of pyridine rings is 2. The number of rotatable bonds is 8. The van der Waals surface area contributed by atoms with E-state index in [1.807, 2.05) is 0 Å². The maximum atomic E-state index is 13.2. The molecular formula is C27H19F3N3O4P. The minimum absolute atomic E-state index is 0.143. The first kappa shape index (κ1) is 26.6. The molecule has 0 aliphatic heterocycles. The highest BCUT2D eigenvalue weighted by molar-refractivity contribution is 7.56. The van der Waals surface area contributed by atoms with Crippen LogP contribution in [0.1, 0.15) is 32.0 Å². The van der Waals surface area contributed by atoms with E-state index in [0.29, 0.717) is 5.56 Å². The Labute approximate surface area is 216 Å². The Morgan fingerprint density at radius 1 is 1.00 bits per heavy atom. The van der Waals surface area contributed by atoms with Gasteiger partial charge in [0.1, 0.15) is 11.7 Å². The molecular weight excluding hydrogens is 518 g/mol. The van der Waals surface area contributed by atoms with E-state index in [9.17, 15) is 32.7 Å². The fraction of sp³-hybridized carbons (Fsp3) is 0.111. The van der Waals surface area contributed by atoms with Crippen LogP contribution in [0.2, 0.25) is 0 Å². The molecule has 4 aromatic rings. The number of amides is 1. The van der Waals surface area contributed by atoms with Crippen LogP contribution in [0, 0.1) is 0 Å². The molecule has 192 valence electrons. The maximum Gasteiger partial charge on any atom is 0.416 e. The number of halogens is 3. The summed E-state index contributed by atoms with van der Waals surface area (Å²) in [5.74, 6) is -2.11. The van der Waals surface area contributed by atoms with Gasteiger partial charge in [0.2, 0.25) is 5.52 Å². The number of carbonyl (C=O) groups is 3. The van der Waals surface area contributed by atoms with Gasteiger partial charge >= 0.3 is 12.1 Å². The van der Waals surface area contributed by atoms with Crippen LogP contribution < -0.4 is 5.32 Å². The first-order valence-electron chi connectivity index (χ1n) is 11.1. The molecule has 0 bridgehead atoms. The van der Waals surface area contributed by atoms with Crippen molar-refractivity contribution in [3.63, 3.8) is 0 Å². The van der Waals surface area contributed by atoms with Gasteiger partial charge < -0.3 is 10.4 Å². The van der Waals surface area contributed by atoms with Gasteiger partial charge in [-0.25, -0.2) is 9.78 Å². The summed E-state index contributed by atoms with van der Waals surface area (Å²) in [6, 6.07) is 12.5. The lowest BCUT2D eigenvalue weighted by atomic mass is 9.98. The van der Waals surface area contributed by atoms with Gasteiger partial charge in [-0.15, -0.1) is 0 Å². The Hall–Kier alpha value is -4.43. The van der Waals surface area contributed by atoms with Gasteiger partial charge in [0.15, 0.2) is 0 Å². The summed E-state index contributed by atoms with van der Waals surface area (Å²) in [7, 11) is 0.186. The highest BCUT2D eigenvalue weighted by Crippen LogP contribution is 2.33. The van der Waals surface area contributed by atoms with Gasteiger partial charge in [0.25, 0.3) is 5.91 Å². The number of carboxylic acids is 1. The van der Waals surface area contributed by atoms with Crippen molar-refractivity contribution in [1.82, 2.24) is 15.3 Å². The van der Waals surface area contributed by atoms with Crippen molar-refractivity contribution in [2.24, 2.45) is 0 Å². The van der Waals surface area contributed by atoms with Crippen molar-refractivity contribution in [1.29, 1.82) is 0 Å². The third-order valence-corrected chi connectivity index (χ3v) is 6.37. The minimum atomic E-state index is -4.53. The Morgan fingerprint density at radius 2 is 1.71 bits per heavy atom. The zero-order chi connectivity index (χ0) is 27.4. The van der Waals surface area contributed by atoms with Crippen LogP contribution in [0.5, 0.6) is 0 Å². The second kappa shape index (κ2) is 10.9. The van der Waals surface area contributed by atoms with Crippen LogP contribution in [0.25, 0.3) is 22.0 Å². The lowest BCUT2D eigenvalue weighted by Crippen LogP contribution is -2.41. The molecule has 2 N–H and O–H groups in total. The average Bonchev–Trinajstić information content (AvgIpc) is 2.91. The monoisotopic (exact) mass is 537 g/mol. The molecule has 2 heterocycles. The van der Waals surface area contributed by atoms with Crippen molar-refractivity contribution in [3.8, 4) is 11.1 Å². The predicted octanol–water partition coefficient (Wildman–Crippen LogP) is 5.26. The second-order valence-electron chi connectivity index (χ2n) is 8.25. The van der Waals surface area contributed by atoms with E-state index in [0.717, 1.165) is 23.8 Å². The zero-order valence-electron chi connectivity index (χ0n) is 19.6. The summed E-state index contributed by atoms with van der Waals surface area (Å²) in [5, 5.41) is 12.6. The molecule has 7 nitrogen and oxygen atoms in total. The molecule has 38 heavy (non-hydrogen) atoms. The molecule has 2 aromatic carbocycles. The first-order chi connectivity index (χ1) is 18.1. The average molecular weight is 537 g/mol. The summed E-state index contributed by atoms with van der Waals surface area (Å²) in [4.78, 5) is 45.7. The third kappa shape index (κ3) is 5.92. The molecule has 0 saturated heterocycles. The molecule has 0 saturated carbocycles. The summed E-state index contributed by atoms with van der Waals surface area (Å²) in [5.41, 5.74) is -0.180. The smallest absolute Gasteiger partial charge is 0.416 e. The molecule has 0 fully saturated rings. The van der Waals surface area contributed by atoms with E-state index in [-0.39, 0.29) is 47.9 Å². The normalized spacial score (nSPS) is 12.3. The van der Waals surface area contributed by atoms with E-state index in [4.69, 9.17) is 0 Å². The lowest BCUT2D eigenvalue weighted by molar-refractivity contribution is -0.137. The van der Waals surface area contributed by atoms with Crippen LogP contribution in [0.15, 0.2) is 73.1 Å². The molecule has 1 amide bonds. The molecule has 11 heteroatoms. The maximum absolute atomic E-state index is 13.2. The lowest BCUT2D eigenvalue weighted by Gasteiger charge is -2.16. The van der Waals surface area contributed by atoms with Crippen molar-refractivity contribution in [2.75, 3.05) is 0 Å². The molecule has 0 aliphatic carbocycles. The number of carbonyl (C=O) groups excluding carboxylic acids is 2. The molecule has 2 aromatic heterocycles. The van der Waals surface area contributed by atoms with Crippen molar-refractivity contribution in [2.45, 2.75) is 18.6 Å². The number of hydrogen-bond acceptors (Lipinski definition) is 5. The topological polar surface area (TPSA) is 109 Å². The quantitative estimate of drug-likeness (QED) is 0.297. The number of nitrogens with one attached hydrogen (secondary N) is 1. The number of hydrogen-bond donors (Lipinski definition) is 2. The Kier molecular flexibility index (Phi) is 7.64. The summed E-state index contributed by atoms with van der Waals surface area (Å²) in [6.07, 6.45) is 2.31. The first-order valence-corrected chi connectivity index (χ1v) is 12.2. The Bertz CT molecular complexity index is 1560. The second-order valence-corrected chi connectivity index (χ2v) is 9.01. The number of benzene rings is 2. The third-order valence-electron chi connectivity index (χ3n) is 5.74. The summed E-state index contributed by atoms with van der Waals surface area (Å²) >= 11 is 0. The van der Waals surface area contributed by atoms with E-state index < -0.39 is 29.7 Å². The molecule has 1 atom stereocenters. The van der Waals surface area contributed by atoms with Gasteiger partial charge in [0, 0.05) is 24.2 Å². The molecule has 4 rings (SSSR count).